The highest BCUT2D eigenvalue weighted by Gasteiger charge is 1.89. The van der Waals surface area contributed by atoms with E-state index in [1.54, 1.807) is 6.20 Å². The molecule has 0 aliphatic heterocycles. The summed E-state index contributed by atoms with van der Waals surface area (Å²) in [6.45, 7) is 3.63. The SMILES string of the molecule is C=CNc1ccc(CO)cc1. The molecule has 1 aromatic rings. The molecule has 58 valence electrons. The third-order valence-corrected chi connectivity index (χ3v) is 1.41. The zero-order chi connectivity index (χ0) is 8.10. The maximum atomic E-state index is 8.72. The van der Waals surface area contributed by atoms with Gasteiger partial charge < -0.3 is 10.4 Å². The second-order valence-corrected chi connectivity index (χ2v) is 2.20. The van der Waals surface area contributed by atoms with Crippen molar-refractivity contribution in [3.63, 3.8) is 0 Å². The lowest BCUT2D eigenvalue weighted by atomic mass is 10.2. The summed E-state index contributed by atoms with van der Waals surface area (Å²) in [7, 11) is 0. The van der Waals surface area contributed by atoms with Gasteiger partial charge in [0.2, 0.25) is 0 Å². The van der Waals surface area contributed by atoms with Crippen molar-refractivity contribution in [3.05, 3.63) is 42.6 Å². The van der Waals surface area contributed by atoms with E-state index in [0.29, 0.717) is 0 Å². The van der Waals surface area contributed by atoms with Crippen molar-refractivity contribution >= 4 is 5.69 Å². The third kappa shape index (κ3) is 2.09. The predicted molar refractivity (Wildman–Crippen MR) is 46.2 cm³/mol. The number of nitrogens with one attached hydrogen (secondary N) is 1. The largest absolute Gasteiger partial charge is 0.392 e. The van der Waals surface area contributed by atoms with Crippen LogP contribution in [-0.4, -0.2) is 5.11 Å². The highest BCUT2D eigenvalue weighted by molar-refractivity contribution is 5.46. The van der Waals surface area contributed by atoms with Crippen LogP contribution >= 0.6 is 0 Å². The fraction of sp³-hybridized carbons (Fsp3) is 0.111. The molecule has 0 fully saturated rings. The summed E-state index contributed by atoms with van der Waals surface area (Å²) in [5, 5.41) is 11.7. The molecule has 1 rings (SSSR count). The topological polar surface area (TPSA) is 32.3 Å². The quantitative estimate of drug-likeness (QED) is 0.686. The van der Waals surface area contributed by atoms with E-state index < -0.39 is 0 Å². The summed E-state index contributed by atoms with van der Waals surface area (Å²) in [4.78, 5) is 0. The fourth-order valence-electron chi connectivity index (χ4n) is 0.824. The van der Waals surface area contributed by atoms with Gasteiger partial charge in [-0.3, -0.25) is 0 Å². The van der Waals surface area contributed by atoms with E-state index in [-0.39, 0.29) is 6.61 Å². The molecule has 2 heteroatoms. The second kappa shape index (κ2) is 3.78. The van der Waals surface area contributed by atoms with Crippen LogP contribution in [0, 0.1) is 0 Å². The number of rotatable bonds is 3. The summed E-state index contributed by atoms with van der Waals surface area (Å²) in [6.07, 6.45) is 1.62. The van der Waals surface area contributed by atoms with E-state index in [1.165, 1.54) is 0 Å². The number of hydrogen-bond acceptors (Lipinski definition) is 2. The summed E-state index contributed by atoms with van der Waals surface area (Å²) >= 11 is 0. The molecule has 1 aromatic carbocycles. The molecule has 0 atom stereocenters. The van der Waals surface area contributed by atoms with Crippen LogP contribution in [0.2, 0.25) is 0 Å². The summed E-state index contributed by atoms with van der Waals surface area (Å²) in [5.74, 6) is 0. The Morgan fingerprint density at radius 2 is 2.00 bits per heavy atom. The van der Waals surface area contributed by atoms with Gasteiger partial charge in [0, 0.05) is 5.69 Å². The highest BCUT2D eigenvalue weighted by Crippen LogP contribution is 2.08. The van der Waals surface area contributed by atoms with E-state index in [1.807, 2.05) is 24.3 Å². The average molecular weight is 149 g/mol. The first-order valence-corrected chi connectivity index (χ1v) is 3.44. The Kier molecular flexibility index (Phi) is 2.69. The molecular weight excluding hydrogens is 138 g/mol. The Hall–Kier alpha value is -1.28. The number of aliphatic hydroxyl groups excluding tert-OH is 1. The van der Waals surface area contributed by atoms with E-state index in [0.717, 1.165) is 11.3 Å². The Morgan fingerprint density at radius 3 is 2.45 bits per heavy atom. The summed E-state index contributed by atoms with van der Waals surface area (Å²) in [5.41, 5.74) is 1.90. The van der Waals surface area contributed by atoms with Crippen molar-refractivity contribution in [3.8, 4) is 0 Å². The van der Waals surface area contributed by atoms with Crippen LogP contribution < -0.4 is 5.32 Å². The zero-order valence-corrected chi connectivity index (χ0v) is 6.25. The molecule has 0 bridgehead atoms. The van der Waals surface area contributed by atoms with Gasteiger partial charge in [0.1, 0.15) is 0 Å². The smallest absolute Gasteiger partial charge is 0.0681 e. The zero-order valence-electron chi connectivity index (χ0n) is 6.25. The minimum atomic E-state index is 0.0916. The lowest BCUT2D eigenvalue weighted by molar-refractivity contribution is 0.282. The standard InChI is InChI=1S/C9H11NO/c1-2-10-9-5-3-8(7-11)4-6-9/h2-6,10-11H,1,7H2. The van der Waals surface area contributed by atoms with Gasteiger partial charge in [-0.25, -0.2) is 0 Å². The number of aliphatic hydroxyl groups is 1. The predicted octanol–water partition coefficient (Wildman–Crippen LogP) is 1.73. The molecule has 0 spiro atoms. The minimum Gasteiger partial charge on any atom is -0.392 e. The first kappa shape index (κ1) is 7.82. The molecule has 2 N–H and O–H groups in total. The van der Waals surface area contributed by atoms with Gasteiger partial charge >= 0.3 is 0 Å². The van der Waals surface area contributed by atoms with Crippen LogP contribution in [0.1, 0.15) is 5.56 Å². The normalized spacial score (nSPS) is 9.18. The van der Waals surface area contributed by atoms with E-state index in [2.05, 4.69) is 11.9 Å². The molecule has 0 heterocycles. The molecule has 0 radical (unpaired) electrons. The first-order chi connectivity index (χ1) is 5.36. The van der Waals surface area contributed by atoms with Gasteiger partial charge in [-0.1, -0.05) is 18.7 Å². The van der Waals surface area contributed by atoms with Gasteiger partial charge in [0.25, 0.3) is 0 Å². The lowest BCUT2D eigenvalue weighted by Crippen LogP contribution is -1.87. The minimum absolute atomic E-state index is 0.0916. The van der Waals surface area contributed by atoms with E-state index >= 15 is 0 Å². The average Bonchev–Trinajstić information content (AvgIpc) is 2.07. The molecule has 0 unspecified atom stereocenters. The molecular formula is C9H11NO. The molecule has 0 aliphatic carbocycles. The van der Waals surface area contributed by atoms with Crippen LogP contribution in [0.4, 0.5) is 5.69 Å². The van der Waals surface area contributed by atoms with E-state index in [9.17, 15) is 0 Å². The molecule has 0 saturated heterocycles. The van der Waals surface area contributed by atoms with Gasteiger partial charge in [-0.15, -0.1) is 0 Å². The van der Waals surface area contributed by atoms with Crippen LogP contribution in [0.25, 0.3) is 0 Å². The molecule has 2 nitrogen and oxygen atoms in total. The van der Waals surface area contributed by atoms with Gasteiger partial charge in [-0.2, -0.15) is 0 Å². The summed E-state index contributed by atoms with van der Waals surface area (Å²) in [6, 6.07) is 7.53. The second-order valence-electron chi connectivity index (χ2n) is 2.20. The highest BCUT2D eigenvalue weighted by atomic mass is 16.3. The molecule has 0 saturated carbocycles. The monoisotopic (exact) mass is 149 g/mol. The van der Waals surface area contributed by atoms with Crippen molar-refractivity contribution in [1.29, 1.82) is 0 Å². The van der Waals surface area contributed by atoms with E-state index in [4.69, 9.17) is 5.11 Å². The van der Waals surface area contributed by atoms with Gasteiger partial charge in [0.15, 0.2) is 0 Å². The van der Waals surface area contributed by atoms with Crippen molar-refractivity contribution in [2.24, 2.45) is 0 Å². The van der Waals surface area contributed by atoms with Crippen molar-refractivity contribution in [2.45, 2.75) is 6.61 Å². The number of hydrogen-bond donors (Lipinski definition) is 2. The van der Waals surface area contributed by atoms with Crippen LogP contribution in [-0.2, 0) is 6.61 Å². The number of anilines is 1. The van der Waals surface area contributed by atoms with Crippen LogP contribution in [0.3, 0.4) is 0 Å². The Bertz CT molecular complexity index is 228. The fourth-order valence-corrected chi connectivity index (χ4v) is 0.824. The maximum absolute atomic E-state index is 8.72. The molecule has 11 heavy (non-hydrogen) atoms. The van der Waals surface area contributed by atoms with Gasteiger partial charge in [0.05, 0.1) is 6.61 Å². The molecule has 0 aliphatic rings. The maximum Gasteiger partial charge on any atom is 0.0681 e. The third-order valence-electron chi connectivity index (χ3n) is 1.41. The van der Waals surface area contributed by atoms with Crippen molar-refractivity contribution in [2.75, 3.05) is 5.32 Å². The summed E-state index contributed by atoms with van der Waals surface area (Å²) < 4.78 is 0. The lowest BCUT2D eigenvalue weighted by Gasteiger charge is -2.00. The van der Waals surface area contributed by atoms with Crippen molar-refractivity contribution in [1.82, 2.24) is 0 Å². The first-order valence-electron chi connectivity index (χ1n) is 3.44. The Labute approximate surface area is 66.2 Å². The van der Waals surface area contributed by atoms with Crippen LogP contribution in [0.5, 0.6) is 0 Å². The molecule has 0 amide bonds. The van der Waals surface area contributed by atoms with Crippen LogP contribution in [0.15, 0.2) is 37.0 Å². The Balaban J connectivity index is 2.74. The van der Waals surface area contributed by atoms with Crippen molar-refractivity contribution < 1.29 is 5.11 Å². The Morgan fingerprint density at radius 1 is 1.36 bits per heavy atom. The molecule has 0 aromatic heterocycles. The number of benzene rings is 1. The van der Waals surface area contributed by atoms with Gasteiger partial charge in [-0.05, 0) is 23.9 Å².